The third-order valence-corrected chi connectivity index (χ3v) is 6.09. The van der Waals surface area contributed by atoms with E-state index in [1.54, 1.807) is 0 Å². The van der Waals surface area contributed by atoms with Gasteiger partial charge in [-0.05, 0) is 42.7 Å². The lowest BCUT2D eigenvalue weighted by Gasteiger charge is -2.39. The molecule has 0 aliphatic heterocycles. The van der Waals surface area contributed by atoms with E-state index < -0.39 is 5.41 Å². The van der Waals surface area contributed by atoms with Gasteiger partial charge in [-0.3, -0.25) is 9.59 Å². The number of Topliss-reactive ketones (excluding diaryl/α,β-unsaturated/α-hetero) is 1. The molecule has 3 heteroatoms. The first-order valence-corrected chi connectivity index (χ1v) is 9.45. The van der Waals surface area contributed by atoms with E-state index in [1.165, 1.54) is 5.56 Å². The molecule has 2 aromatic carbocycles. The van der Waals surface area contributed by atoms with Crippen LogP contribution >= 0.6 is 0 Å². The number of hydrogen-bond acceptors (Lipinski definition) is 3. The maximum absolute atomic E-state index is 13.0. The number of fused-ring (bicyclic) bond motifs is 1. The molecule has 1 atom stereocenters. The molecule has 26 heavy (non-hydrogen) atoms. The van der Waals surface area contributed by atoms with Crippen LogP contribution in [0, 0.1) is 17.3 Å². The highest BCUT2D eigenvalue weighted by Crippen LogP contribution is 2.63. The average Bonchev–Trinajstić information content (AvgIpc) is 3.23. The molecule has 0 N–H and O–H groups in total. The minimum absolute atomic E-state index is 0.193. The quantitative estimate of drug-likeness (QED) is 0.699. The molecule has 3 nitrogen and oxygen atoms in total. The van der Waals surface area contributed by atoms with Gasteiger partial charge >= 0.3 is 5.97 Å². The van der Waals surface area contributed by atoms with Crippen molar-refractivity contribution >= 4 is 11.8 Å². The normalized spacial score (nSPS) is 26.2. The first kappa shape index (κ1) is 17.0. The van der Waals surface area contributed by atoms with Gasteiger partial charge in [0.25, 0.3) is 0 Å². The number of hydrogen-bond donors (Lipinski definition) is 0. The number of ether oxygens (including phenoxy) is 1. The minimum Gasteiger partial charge on any atom is -0.461 e. The third-order valence-electron chi connectivity index (χ3n) is 6.09. The molecule has 3 fully saturated rings. The molecule has 0 aromatic heterocycles. The van der Waals surface area contributed by atoms with Crippen molar-refractivity contribution in [3.05, 3.63) is 71.8 Å². The maximum Gasteiger partial charge on any atom is 0.310 e. The Morgan fingerprint density at radius 3 is 2.19 bits per heavy atom. The molecule has 3 saturated carbocycles. The predicted octanol–water partition coefficient (Wildman–Crippen LogP) is 4.35. The molecule has 134 valence electrons. The first-order valence-electron chi connectivity index (χ1n) is 9.45. The van der Waals surface area contributed by atoms with E-state index in [2.05, 4.69) is 12.1 Å². The number of carbonyl (C=O) groups is 2. The van der Waals surface area contributed by atoms with E-state index in [4.69, 9.17) is 4.74 Å². The van der Waals surface area contributed by atoms with Crippen molar-refractivity contribution < 1.29 is 14.3 Å². The first-order chi connectivity index (χ1) is 12.7. The van der Waals surface area contributed by atoms with Crippen LogP contribution in [0.25, 0.3) is 0 Å². The van der Waals surface area contributed by atoms with Crippen LogP contribution in [-0.2, 0) is 27.4 Å². The summed E-state index contributed by atoms with van der Waals surface area (Å²) >= 11 is 0. The fraction of sp³-hybridized carbons (Fsp3) is 0.391. The van der Waals surface area contributed by atoms with Gasteiger partial charge < -0.3 is 4.74 Å². The Morgan fingerprint density at radius 1 is 0.923 bits per heavy atom. The van der Waals surface area contributed by atoms with E-state index in [0.717, 1.165) is 31.2 Å². The molecule has 0 heterocycles. The highest BCUT2D eigenvalue weighted by Gasteiger charge is 2.63. The Bertz CT molecular complexity index is 773. The highest BCUT2D eigenvalue weighted by atomic mass is 16.5. The van der Waals surface area contributed by atoms with Gasteiger partial charge in [0.1, 0.15) is 12.4 Å². The highest BCUT2D eigenvalue weighted by molar-refractivity contribution is 5.92. The Balaban J connectivity index is 1.37. The zero-order valence-electron chi connectivity index (χ0n) is 14.9. The second-order valence-corrected chi connectivity index (χ2v) is 7.72. The lowest BCUT2D eigenvalue weighted by Crippen LogP contribution is -2.43. The van der Waals surface area contributed by atoms with E-state index in [1.807, 2.05) is 48.5 Å². The van der Waals surface area contributed by atoms with Crippen LogP contribution < -0.4 is 0 Å². The maximum atomic E-state index is 13.0. The summed E-state index contributed by atoms with van der Waals surface area (Å²) in [7, 11) is 0. The van der Waals surface area contributed by atoms with Gasteiger partial charge in [0.2, 0.25) is 0 Å². The third kappa shape index (κ3) is 3.18. The summed E-state index contributed by atoms with van der Waals surface area (Å²) in [6.07, 6.45) is 3.80. The van der Waals surface area contributed by atoms with Crippen molar-refractivity contribution in [2.75, 3.05) is 0 Å². The van der Waals surface area contributed by atoms with E-state index >= 15 is 0 Å². The van der Waals surface area contributed by atoms with Gasteiger partial charge in [0.15, 0.2) is 0 Å². The molecule has 2 aromatic rings. The summed E-state index contributed by atoms with van der Waals surface area (Å²) in [5, 5.41) is 0. The van der Waals surface area contributed by atoms with Gasteiger partial charge in [-0.25, -0.2) is 0 Å². The minimum atomic E-state index is -0.451. The van der Waals surface area contributed by atoms with Gasteiger partial charge in [0.05, 0.1) is 5.92 Å². The van der Waals surface area contributed by atoms with Gasteiger partial charge in [-0.15, -0.1) is 0 Å². The summed E-state index contributed by atoms with van der Waals surface area (Å²) < 4.78 is 5.56. The molecular formula is C23H24O3. The molecule has 5 rings (SSSR count). The number of carbonyl (C=O) groups excluding carboxylic acids is 2. The largest absolute Gasteiger partial charge is 0.461 e. The molecule has 1 unspecified atom stereocenters. The number of benzene rings is 2. The summed E-state index contributed by atoms with van der Waals surface area (Å²) in [5.74, 6) is 0.322. The van der Waals surface area contributed by atoms with Crippen molar-refractivity contribution in [2.45, 2.75) is 38.7 Å². The Morgan fingerprint density at radius 2 is 1.54 bits per heavy atom. The molecule has 0 radical (unpaired) electrons. The number of aryl methyl sites for hydroxylation is 1. The predicted molar refractivity (Wildman–Crippen MR) is 99.3 cm³/mol. The monoisotopic (exact) mass is 348 g/mol. The molecule has 0 saturated heterocycles. The smallest absolute Gasteiger partial charge is 0.310 e. The standard InChI is InChI=1S/C23H24O3/c24-21(12-11-17-7-3-1-4-8-17)23-14-19(15-23)13-20(23)22(25)26-16-18-9-5-2-6-10-18/h1-10,19-20H,11-16H2. The zero-order chi connectivity index (χ0) is 18.0. The Kier molecular flexibility index (Phi) is 4.62. The Labute approximate surface area is 154 Å². The second-order valence-electron chi connectivity index (χ2n) is 7.72. The van der Waals surface area contributed by atoms with Crippen LogP contribution in [-0.4, -0.2) is 11.8 Å². The lowest BCUT2D eigenvalue weighted by molar-refractivity contribution is -0.158. The Hall–Kier alpha value is -2.42. The molecule has 2 bridgehead atoms. The van der Waals surface area contributed by atoms with Crippen molar-refractivity contribution in [3.8, 4) is 0 Å². The topological polar surface area (TPSA) is 43.4 Å². The van der Waals surface area contributed by atoms with Crippen LogP contribution in [0.15, 0.2) is 60.7 Å². The van der Waals surface area contributed by atoms with Crippen molar-refractivity contribution in [3.63, 3.8) is 0 Å². The van der Waals surface area contributed by atoms with E-state index in [-0.39, 0.29) is 24.3 Å². The van der Waals surface area contributed by atoms with Crippen LogP contribution in [0.5, 0.6) is 0 Å². The fourth-order valence-corrected chi connectivity index (χ4v) is 4.71. The summed E-state index contributed by atoms with van der Waals surface area (Å²) in [6, 6.07) is 19.8. The van der Waals surface area contributed by atoms with Crippen molar-refractivity contribution in [2.24, 2.45) is 17.3 Å². The average molecular weight is 348 g/mol. The summed E-state index contributed by atoms with van der Waals surface area (Å²) in [5.41, 5.74) is 1.71. The number of esters is 1. The fourth-order valence-electron chi connectivity index (χ4n) is 4.71. The molecule has 0 spiro atoms. The van der Waals surface area contributed by atoms with Gasteiger partial charge in [-0.1, -0.05) is 60.7 Å². The van der Waals surface area contributed by atoms with Crippen LogP contribution in [0.4, 0.5) is 0 Å². The number of rotatable bonds is 7. The molecule has 3 aliphatic carbocycles. The lowest BCUT2D eigenvalue weighted by atomic mass is 9.63. The SMILES string of the molecule is O=C(OCc1ccccc1)C1CC2CC1(C(=O)CCc1ccccc1)C2. The number of ketones is 1. The van der Waals surface area contributed by atoms with E-state index in [0.29, 0.717) is 12.3 Å². The molecule has 0 amide bonds. The van der Waals surface area contributed by atoms with Crippen LogP contribution in [0.3, 0.4) is 0 Å². The van der Waals surface area contributed by atoms with Gasteiger partial charge in [-0.2, -0.15) is 0 Å². The van der Waals surface area contributed by atoms with E-state index in [9.17, 15) is 9.59 Å². The zero-order valence-corrected chi connectivity index (χ0v) is 14.9. The van der Waals surface area contributed by atoms with Crippen LogP contribution in [0.2, 0.25) is 0 Å². The van der Waals surface area contributed by atoms with Crippen LogP contribution in [0.1, 0.15) is 36.8 Å². The summed E-state index contributed by atoms with van der Waals surface area (Å²) in [6.45, 7) is 0.287. The van der Waals surface area contributed by atoms with Crippen molar-refractivity contribution in [1.82, 2.24) is 0 Å². The summed E-state index contributed by atoms with van der Waals surface area (Å²) in [4.78, 5) is 25.6. The van der Waals surface area contributed by atoms with Crippen molar-refractivity contribution in [1.29, 1.82) is 0 Å². The van der Waals surface area contributed by atoms with Gasteiger partial charge in [0, 0.05) is 11.8 Å². The molecular weight excluding hydrogens is 324 g/mol. The molecule has 3 aliphatic rings. The second kappa shape index (κ2) is 7.06.